The molecule has 1 unspecified atom stereocenters. The maximum atomic E-state index is 12.2. The van der Waals surface area contributed by atoms with Gasteiger partial charge >= 0.3 is 6.09 Å². The summed E-state index contributed by atoms with van der Waals surface area (Å²) < 4.78 is 5.86. The fourth-order valence-corrected chi connectivity index (χ4v) is 4.08. The minimum absolute atomic E-state index is 0.105. The molecule has 0 bridgehead atoms. The van der Waals surface area contributed by atoms with Crippen LogP contribution in [0.2, 0.25) is 0 Å². The molecule has 3 aliphatic rings. The summed E-state index contributed by atoms with van der Waals surface area (Å²) >= 11 is 0. The second-order valence-electron chi connectivity index (χ2n) is 6.61. The van der Waals surface area contributed by atoms with Crippen LogP contribution in [-0.4, -0.2) is 60.3 Å². The lowest BCUT2D eigenvalue weighted by Crippen LogP contribution is -2.59. The molecule has 5 nitrogen and oxygen atoms in total. The predicted octanol–water partition coefficient (Wildman–Crippen LogP) is 1.45. The fourth-order valence-electron chi connectivity index (χ4n) is 4.08. The first-order valence-corrected chi connectivity index (χ1v) is 8.23. The lowest BCUT2D eigenvalue weighted by Gasteiger charge is -2.43. The summed E-state index contributed by atoms with van der Waals surface area (Å²) in [7, 11) is 0. The Kier molecular flexibility index (Phi) is 3.54. The highest BCUT2D eigenvalue weighted by molar-refractivity contribution is 5.72. The molecule has 3 fully saturated rings. The van der Waals surface area contributed by atoms with Crippen molar-refractivity contribution in [3.8, 4) is 0 Å². The highest BCUT2D eigenvalue weighted by atomic mass is 16.6. The van der Waals surface area contributed by atoms with Crippen LogP contribution in [-0.2, 0) is 11.3 Å². The molecule has 1 spiro atoms. The van der Waals surface area contributed by atoms with E-state index in [4.69, 9.17) is 4.74 Å². The highest BCUT2D eigenvalue weighted by Gasteiger charge is 2.55. The molecule has 3 aliphatic heterocycles. The lowest BCUT2D eigenvalue weighted by molar-refractivity contribution is -0.0107. The van der Waals surface area contributed by atoms with Gasteiger partial charge in [0, 0.05) is 39.0 Å². The number of amides is 1. The van der Waals surface area contributed by atoms with Crippen LogP contribution in [0.4, 0.5) is 4.79 Å². The quantitative estimate of drug-likeness (QED) is 0.898. The van der Waals surface area contributed by atoms with Crippen LogP contribution in [0.25, 0.3) is 0 Å². The Labute approximate surface area is 131 Å². The minimum atomic E-state index is -0.266. The van der Waals surface area contributed by atoms with Gasteiger partial charge in [-0.05, 0) is 18.7 Å². The van der Waals surface area contributed by atoms with Gasteiger partial charge in [-0.1, -0.05) is 30.3 Å². The van der Waals surface area contributed by atoms with E-state index in [0.717, 1.165) is 52.1 Å². The van der Waals surface area contributed by atoms with Gasteiger partial charge in [0.1, 0.15) is 5.60 Å². The van der Waals surface area contributed by atoms with Gasteiger partial charge in [0.05, 0.1) is 6.04 Å². The molecule has 0 aromatic heterocycles. The van der Waals surface area contributed by atoms with E-state index in [1.54, 1.807) is 0 Å². The normalized spacial score (nSPS) is 27.7. The Morgan fingerprint density at radius 3 is 2.73 bits per heavy atom. The number of rotatable bonds is 2. The number of hydrogen-bond acceptors (Lipinski definition) is 4. The molecule has 0 saturated carbocycles. The maximum absolute atomic E-state index is 12.2. The van der Waals surface area contributed by atoms with E-state index in [1.165, 1.54) is 5.56 Å². The predicted molar refractivity (Wildman–Crippen MR) is 83.5 cm³/mol. The SMILES string of the molecule is O=C1OC2(CCNCC2)C2CN(Cc3ccccc3)CCN12. The van der Waals surface area contributed by atoms with Crippen LogP contribution in [0.3, 0.4) is 0 Å². The van der Waals surface area contributed by atoms with Gasteiger partial charge in [-0.25, -0.2) is 4.79 Å². The third-order valence-electron chi connectivity index (χ3n) is 5.30. The summed E-state index contributed by atoms with van der Waals surface area (Å²) in [5, 5.41) is 3.37. The monoisotopic (exact) mass is 301 g/mol. The van der Waals surface area contributed by atoms with E-state index in [2.05, 4.69) is 40.5 Å². The zero-order valence-corrected chi connectivity index (χ0v) is 12.8. The van der Waals surface area contributed by atoms with Gasteiger partial charge in [-0.3, -0.25) is 9.80 Å². The average molecular weight is 301 g/mol. The second-order valence-corrected chi connectivity index (χ2v) is 6.61. The summed E-state index contributed by atoms with van der Waals surface area (Å²) in [5.41, 5.74) is 1.07. The Bertz CT molecular complexity index is 542. The molecule has 3 saturated heterocycles. The van der Waals surface area contributed by atoms with Crippen molar-refractivity contribution >= 4 is 6.09 Å². The molecule has 1 N–H and O–H groups in total. The summed E-state index contributed by atoms with van der Waals surface area (Å²) in [6, 6.07) is 10.8. The average Bonchev–Trinajstić information content (AvgIpc) is 2.81. The Morgan fingerprint density at radius 2 is 1.95 bits per heavy atom. The molecular weight excluding hydrogens is 278 g/mol. The molecule has 1 amide bonds. The number of fused-ring (bicyclic) bond motifs is 2. The number of benzene rings is 1. The third kappa shape index (κ3) is 2.38. The van der Waals surface area contributed by atoms with Gasteiger partial charge in [0.2, 0.25) is 0 Å². The molecule has 1 aromatic rings. The Morgan fingerprint density at radius 1 is 1.18 bits per heavy atom. The van der Waals surface area contributed by atoms with Gasteiger partial charge in [0.25, 0.3) is 0 Å². The van der Waals surface area contributed by atoms with Gasteiger partial charge in [0.15, 0.2) is 0 Å². The van der Waals surface area contributed by atoms with Crippen molar-refractivity contribution < 1.29 is 9.53 Å². The molecule has 4 rings (SSSR count). The Balaban J connectivity index is 1.50. The number of piperidine rings is 1. The van der Waals surface area contributed by atoms with Crippen LogP contribution in [0.15, 0.2) is 30.3 Å². The van der Waals surface area contributed by atoms with Crippen molar-refractivity contribution in [2.75, 3.05) is 32.7 Å². The maximum Gasteiger partial charge on any atom is 0.410 e. The molecule has 0 radical (unpaired) electrons. The van der Waals surface area contributed by atoms with Gasteiger partial charge in [-0.15, -0.1) is 0 Å². The highest BCUT2D eigenvalue weighted by Crippen LogP contribution is 2.39. The summed E-state index contributed by atoms with van der Waals surface area (Å²) in [6.07, 6.45) is 1.75. The van der Waals surface area contributed by atoms with Gasteiger partial charge < -0.3 is 10.1 Å². The van der Waals surface area contributed by atoms with Crippen LogP contribution < -0.4 is 5.32 Å². The molecular formula is C17H23N3O2. The molecule has 0 aliphatic carbocycles. The van der Waals surface area contributed by atoms with E-state index in [-0.39, 0.29) is 17.7 Å². The summed E-state index contributed by atoms with van der Waals surface area (Å²) in [6.45, 7) is 5.46. The van der Waals surface area contributed by atoms with Crippen LogP contribution in [0.1, 0.15) is 18.4 Å². The zero-order chi connectivity index (χ0) is 15.0. The second kappa shape index (κ2) is 5.56. The van der Waals surface area contributed by atoms with E-state index in [1.807, 2.05) is 4.90 Å². The van der Waals surface area contributed by atoms with Crippen molar-refractivity contribution in [2.45, 2.75) is 31.0 Å². The lowest BCUT2D eigenvalue weighted by atomic mass is 9.83. The number of ether oxygens (including phenoxy) is 1. The number of nitrogens with zero attached hydrogens (tertiary/aromatic N) is 2. The smallest absolute Gasteiger partial charge is 0.410 e. The van der Waals surface area contributed by atoms with Crippen molar-refractivity contribution in [3.05, 3.63) is 35.9 Å². The molecule has 118 valence electrons. The molecule has 22 heavy (non-hydrogen) atoms. The number of carbonyl (C=O) groups is 1. The molecule has 3 heterocycles. The molecule has 1 aromatic carbocycles. The van der Waals surface area contributed by atoms with Crippen molar-refractivity contribution in [3.63, 3.8) is 0 Å². The zero-order valence-electron chi connectivity index (χ0n) is 12.8. The summed E-state index contributed by atoms with van der Waals surface area (Å²) in [5.74, 6) is 0. The first-order valence-electron chi connectivity index (χ1n) is 8.23. The van der Waals surface area contributed by atoms with Crippen molar-refractivity contribution in [1.82, 2.24) is 15.1 Å². The Hall–Kier alpha value is -1.59. The minimum Gasteiger partial charge on any atom is -0.440 e. The topological polar surface area (TPSA) is 44.8 Å². The number of hydrogen-bond donors (Lipinski definition) is 1. The van der Waals surface area contributed by atoms with Gasteiger partial charge in [-0.2, -0.15) is 0 Å². The van der Waals surface area contributed by atoms with Crippen LogP contribution in [0.5, 0.6) is 0 Å². The molecule has 1 atom stereocenters. The van der Waals surface area contributed by atoms with E-state index >= 15 is 0 Å². The first-order chi connectivity index (χ1) is 10.8. The van der Waals surface area contributed by atoms with E-state index in [0.29, 0.717) is 0 Å². The standard InChI is InChI=1S/C17H23N3O2/c21-16-20-11-10-19(12-14-4-2-1-3-5-14)13-15(20)17(22-16)6-8-18-9-7-17/h1-5,15,18H,6-13H2. The summed E-state index contributed by atoms with van der Waals surface area (Å²) in [4.78, 5) is 16.6. The third-order valence-corrected chi connectivity index (χ3v) is 5.30. The first kappa shape index (κ1) is 14.0. The molecule has 5 heteroatoms. The van der Waals surface area contributed by atoms with E-state index in [9.17, 15) is 4.79 Å². The van der Waals surface area contributed by atoms with Crippen LogP contribution in [0, 0.1) is 0 Å². The number of carbonyl (C=O) groups excluding carboxylic acids is 1. The van der Waals surface area contributed by atoms with Crippen LogP contribution >= 0.6 is 0 Å². The van der Waals surface area contributed by atoms with E-state index < -0.39 is 0 Å². The van der Waals surface area contributed by atoms with Crippen molar-refractivity contribution in [1.29, 1.82) is 0 Å². The largest absolute Gasteiger partial charge is 0.440 e. The fraction of sp³-hybridized carbons (Fsp3) is 0.588. The number of nitrogens with one attached hydrogen (secondary N) is 1. The van der Waals surface area contributed by atoms with Crippen molar-refractivity contribution in [2.24, 2.45) is 0 Å². The number of piperazine rings is 1.